The molecule has 0 saturated heterocycles. The number of hydrogen-bond donors (Lipinski definition) is 2. The summed E-state index contributed by atoms with van der Waals surface area (Å²) in [6, 6.07) is 16.1. The van der Waals surface area contributed by atoms with Gasteiger partial charge in [-0.05, 0) is 37.5 Å². The summed E-state index contributed by atoms with van der Waals surface area (Å²) in [6.45, 7) is 5.52. The Morgan fingerprint density at radius 2 is 1.93 bits per heavy atom. The summed E-state index contributed by atoms with van der Waals surface area (Å²) in [5.74, 6) is 0.845. The van der Waals surface area contributed by atoms with E-state index in [1.165, 1.54) is 5.56 Å². The van der Waals surface area contributed by atoms with E-state index in [2.05, 4.69) is 17.4 Å². The molecule has 2 aromatic rings. The fourth-order valence-electron chi connectivity index (χ4n) is 3.65. The van der Waals surface area contributed by atoms with Crippen molar-refractivity contribution in [2.24, 2.45) is 0 Å². The monoisotopic (exact) mass is 368 g/mol. The lowest BCUT2D eigenvalue weighted by molar-refractivity contribution is -0.132. The number of aliphatic hydroxyl groups is 1. The van der Waals surface area contributed by atoms with Crippen molar-refractivity contribution in [3.63, 3.8) is 0 Å². The zero-order chi connectivity index (χ0) is 19.2. The molecule has 144 valence electrons. The second kappa shape index (κ2) is 9.02. The van der Waals surface area contributed by atoms with Crippen molar-refractivity contribution in [2.75, 3.05) is 26.2 Å². The van der Waals surface area contributed by atoms with Gasteiger partial charge >= 0.3 is 0 Å². The van der Waals surface area contributed by atoms with Gasteiger partial charge in [0.25, 0.3) is 0 Å². The molecule has 1 aliphatic heterocycles. The van der Waals surface area contributed by atoms with Crippen molar-refractivity contribution < 1.29 is 14.6 Å². The van der Waals surface area contributed by atoms with E-state index in [9.17, 15) is 9.90 Å². The van der Waals surface area contributed by atoms with Gasteiger partial charge in [-0.1, -0.05) is 42.5 Å². The maximum absolute atomic E-state index is 13.0. The Kier molecular flexibility index (Phi) is 6.48. The molecular weight excluding hydrogens is 340 g/mol. The highest BCUT2D eigenvalue weighted by Crippen LogP contribution is 2.39. The molecule has 5 heteroatoms. The van der Waals surface area contributed by atoms with Crippen molar-refractivity contribution >= 4 is 5.91 Å². The van der Waals surface area contributed by atoms with Gasteiger partial charge in [-0.2, -0.15) is 0 Å². The standard InChI is InChI=1S/C22H28N2O3/c1-3-27-20-11-7-6-10-19(20)22-18-9-5-4-8-17(18)12-13-24(22)21(26)15-23-14-16(2)25/h4-11,16,22-23,25H,3,12-15H2,1-2H3/t16-,22?/m1/s1. The summed E-state index contributed by atoms with van der Waals surface area (Å²) < 4.78 is 5.86. The molecule has 0 fully saturated rings. The van der Waals surface area contributed by atoms with E-state index in [1.807, 2.05) is 48.2 Å². The number of carbonyl (C=O) groups is 1. The quantitative estimate of drug-likeness (QED) is 0.788. The molecule has 5 nitrogen and oxygen atoms in total. The Bertz CT molecular complexity index is 776. The highest BCUT2D eigenvalue weighted by Gasteiger charge is 2.33. The van der Waals surface area contributed by atoms with Crippen molar-refractivity contribution in [3.8, 4) is 5.75 Å². The number of fused-ring (bicyclic) bond motifs is 1. The lowest BCUT2D eigenvalue weighted by Gasteiger charge is -2.38. The first kappa shape index (κ1) is 19.4. The average molecular weight is 368 g/mol. The van der Waals surface area contributed by atoms with Crippen LogP contribution in [-0.2, 0) is 11.2 Å². The molecule has 1 unspecified atom stereocenters. The molecule has 0 radical (unpaired) electrons. The summed E-state index contributed by atoms with van der Waals surface area (Å²) in [5, 5.41) is 12.5. The van der Waals surface area contributed by atoms with Gasteiger partial charge < -0.3 is 20.1 Å². The molecule has 0 spiro atoms. The van der Waals surface area contributed by atoms with E-state index in [1.54, 1.807) is 6.92 Å². The molecule has 2 aromatic carbocycles. The molecule has 0 bridgehead atoms. The number of para-hydroxylation sites is 1. The van der Waals surface area contributed by atoms with Gasteiger partial charge in [0.15, 0.2) is 0 Å². The van der Waals surface area contributed by atoms with E-state index in [0.29, 0.717) is 19.7 Å². The molecule has 0 saturated carbocycles. The molecule has 0 aromatic heterocycles. The van der Waals surface area contributed by atoms with E-state index in [0.717, 1.165) is 23.3 Å². The Morgan fingerprint density at radius 1 is 1.22 bits per heavy atom. The van der Waals surface area contributed by atoms with Crippen LogP contribution in [0.15, 0.2) is 48.5 Å². The number of rotatable bonds is 7. The summed E-state index contributed by atoms with van der Waals surface area (Å²) in [6.07, 6.45) is 0.361. The molecule has 1 amide bonds. The second-order valence-corrected chi connectivity index (χ2v) is 6.89. The van der Waals surface area contributed by atoms with Crippen LogP contribution in [0.25, 0.3) is 0 Å². The summed E-state index contributed by atoms with van der Waals surface area (Å²) in [5.41, 5.74) is 3.44. The molecule has 1 heterocycles. The number of hydrogen-bond acceptors (Lipinski definition) is 4. The number of ether oxygens (including phenoxy) is 1. The third kappa shape index (κ3) is 4.49. The fraction of sp³-hybridized carbons (Fsp3) is 0.409. The zero-order valence-electron chi connectivity index (χ0n) is 16.0. The van der Waals surface area contributed by atoms with Crippen molar-refractivity contribution in [1.82, 2.24) is 10.2 Å². The molecular formula is C22H28N2O3. The predicted molar refractivity (Wildman–Crippen MR) is 106 cm³/mol. The molecule has 1 aliphatic rings. The third-order valence-corrected chi connectivity index (χ3v) is 4.83. The summed E-state index contributed by atoms with van der Waals surface area (Å²) >= 11 is 0. The fourth-order valence-corrected chi connectivity index (χ4v) is 3.65. The first-order chi connectivity index (χ1) is 13.1. The van der Waals surface area contributed by atoms with Crippen LogP contribution in [-0.4, -0.2) is 48.3 Å². The van der Waals surface area contributed by atoms with E-state index in [4.69, 9.17) is 4.74 Å². The van der Waals surface area contributed by atoms with E-state index in [-0.39, 0.29) is 18.5 Å². The summed E-state index contributed by atoms with van der Waals surface area (Å²) in [7, 11) is 0. The Hall–Kier alpha value is -2.37. The molecule has 2 N–H and O–H groups in total. The zero-order valence-corrected chi connectivity index (χ0v) is 16.0. The Labute approximate surface area is 161 Å². The molecule has 0 aliphatic carbocycles. The van der Waals surface area contributed by atoms with Crippen molar-refractivity contribution in [2.45, 2.75) is 32.4 Å². The predicted octanol–water partition coefficient (Wildman–Crippen LogP) is 2.53. The van der Waals surface area contributed by atoms with Crippen LogP contribution in [0.1, 0.15) is 36.6 Å². The maximum Gasteiger partial charge on any atom is 0.237 e. The van der Waals surface area contributed by atoms with E-state index < -0.39 is 6.10 Å². The van der Waals surface area contributed by atoms with Crippen LogP contribution in [0.5, 0.6) is 5.75 Å². The number of benzene rings is 2. The SMILES string of the molecule is CCOc1ccccc1C1c2ccccc2CCN1C(=O)CNC[C@@H](C)O. The largest absolute Gasteiger partial charge is 0.494 e. The molecule has 27 heavy (non-hydrogen) atoms. The first-order valence-electron chi connectivity index (χ1n) is 9.59. The summed E-state index contributed by atoms with van der Waals surface area (Å²) in [4.78, 5) is 14.9. The Balaban J connectivity index is 1.95. The highest BCUT2D eigenvalue weighted by molar-refractivity contribution is 5.80. The van der Waals surface area contributed by atoms with Gasteiger partial charge in [0.05, 0.1) is 25.3 Å². The van der Waals surface area contributed by atoms with Gasteiger partial charge in [0.2, 0.25) is 5.91 Å². The first-order valence-corrected chi connectivity index (χ1v) is 9.59. The Morgan fingerprint density at radius 3 is 2.67 bits per heavy atom. The maximum atomic E-state index is 13.0. The minimum atomic E-state index is -0.477. The average Bonchev–Trinajstić information content (AvgIpc) is 2.67. The van der Waals surface area contributed by atoms with Crippen LogP contribution >= 0.6 is 0 Å². The lowest BCUT2D eigenvalue weighted by Crippen LogP contribution is -2.45. The van der Waals surface area contributed by atoms with Crippen LogP contribution in [0.3, 0.4) is 0 Å². The van der Waals surface area contributed by atoms with Gasteiger partial charge in [-0.15, -0.1) is 0 Å². The number of nitrogens with one attached hydrogen (secondary N) is 1. The second-order valence-electron chi connectivity index (χ2n) is 6.89. The molecule has 2 atom stereocenters. The van der Waals surface area contributed by atoms with Gasteiger partial charge in [0.1, 0.15) is 5.75 Å². The number of amides is 1. The van der Waals surface area contributed by atoms with Crippen LogP contribution < -0.4 is 10.1 Å². The van der Waals surface area contributed by atoms with Gasteiger partial charge in [-0.25, -0.2) is 0 Å². The smallest absolute Gasteiger partial charge is 0.237 e. The van der Waals surface area contributed by atoms with Crippen LogP contribution in [0, 0.1) is 0 Å². The van der Waals surface area contributed by atoms with Crippen molar-refractivity contribution in [3.05, 3.63) is 65.2 Å². The minimum absolute atomic E-state index is 0.0291. The topological polar surface area (TPSA) is 61.8 Å². The number of nitrogens with zero attached hydrogens (tertiary/aromatic N) is 1. The lowest BCUT2D eigenvalue weighted by atomic mass is 9.87. The third-order valence-electron chi connectivity index (χ3n) is 4.83. The molecule has 3 rings (SSSR count). The van der Waals surface area contributed by atoms with Crippen LogP contribution in [0.2, 0.25) is 0 Å². The number of carbonyl (C=O) groups excluding carboxylic acids is 1. The van der Waals surface area contributed by atoms with Gasteiger partial charge in [-0.3, -0.25) is 4.79 Å². The minimum Gasteiger partial charge on any atom is -0.494 e. The van der Waals surface area contributed by atoms with Gasteiger partial charge in [0, 0.05) is 18.7 Å². The van der Waals surface area contributed by atoms with E-state index >= 15 is 0 Å². The number of aliphatic hydroxyl groups excluding tert-OH is 1. The highest BCUT2D eigenvalue weighted by atomic mass is 16.5. The normalized spacial score (nSPS) is 17.3. The van der Waals surface area contributed by atoms with Crippen LogP contribution in [0.4, 0.5) is 0 Å². The van der Waals surface area contributed by atoms with Crippen molar-refractivity contribution in [1.29, 1.82) is 0 Å².